The van der Waals surface area contributed by atoms with Crippen LogP contribution >= 0.6 is 0 Å². The van der Waals surface area contributed by atoms with Gasteiger partial charge in [-0.25, -0.2) is 0 Å². The monoisotopic (exact) mass is 358 g/mol. The van der Waals surface area contributed by atoms with E-state index in [2.05, 4.69) is 36.4 Å². The molecule has 0 saturated heterocycles. The Balaban J connectivity index is 1.89. The van der Waals surface area contributed by atoms with Crippen molar-refractivity contribution in [2.24, 2.45) is 0 Å². The van der Waals surface area contributed by atoms with Gasteiger partial charge in [-0.05, 0) is 46.0 Å². The van der Waals surface area contributed by atoms with Crippen LogP contribution in [-0.4, -0.2) is 14.2 Å². The molecule has 1 heterocycles. The molecule has 3 heteroatoms. The maximum Gasteiger partial charge on any atom is 0.161 e. The van der Waals surface area contributed by atoms with Crippen LogP contribution in [0.2, 0.25) is 0 Å². The van der Waals surface area contributed by atoms with E-state index < -0.39 is 0 Å². The van der Waals surface area contributed by atoms with Crippen LogP contribution in [0, 0.1) is 0 Å². The third-order valence-corrected chi connectivity index (χ3v) is 4.83. The standard InChI is InChI=1S/C24H22O3/c1-25-22-14-19-16-27-24(18-11-7-4-8-12-18)21(20(19)15-23(22)26-2)13-17-9-5-3-6-10-17/h3-15,24H,16H2,1-2H3/b21-13-. The second-order valence-corrected chi connectivity index (χ2v) is 6.48. The lowest BCUT2D eigenvalue weighted by molar-refractivity contribution is 0.0713. The summed E-state index contributed by atoms with van der Waals surface area (Å²) in [6.07, 6.45) is 2.07. The Morgan fingerprint density at radius 2 is 1.48 bits per heavy atom. The van der Waals surface area contributed by atoms with Gasteiger partial charge in [-0.2, -0.15) is 0 Å². The smallest absolute Gasteiger partial charge is 0.161 e. The highest BCUT2D eigenvalue weighted by Gasteiger charge is 2.27. The van der Waals surface area contributed by atoms with Gasteiger partial charge in [-0.1, -0.05) is 60.7 Å². The molecule has 4 rings (SSSR count). The van der Waals surface area contributed by atoms with Gasteiger partial charge in [0.05, 0.1) is 20.8 Å². The van der Waals surface area contributed by atoms with E-state index in [0.29, 0.717) is 6.61 Å². The summed E-state index contributed by atoms with van der Waals surface area (Å²) in [4.78, 5) is 0. The zero-order valence-corrected chi connectivity index (χ0v) is 15.5. The summed E-state index contributed by atoms with van der Waals surface area (Å²) < 4.78 is 17.3. The minimum atomic E-state index is -0.128. The molecule has 0 radical (unpaired) electrons. The molecule has 3 nitrogen and oxygen atoms in total. The Bertz CT molecular complexity index is 946. The predicted molar refractivity (Wildman–Crippen MR) is 108 cm³/mol. The Labute approximate surface area is 159 Å². The van der Waals surface area contributed by atoms with E-state index in [9.17, 15) is 0 Å². The van der Waals surface area contributed by atoms with Crippen LogP contribution in [0.4, 0.5) is 0 Å². The summed E-state index contributed by atoms with van der Waals surface area (Å²) in [5.41, 5.74) is 5.63. The van der Waals surface area contributed by atoms with E-state index in [-0.39, 0.29) is 6.10 Å². The topological polar surface area (TPSA) is 27.7 Å². The number of methoxy groups -OCH3 is 2. The quantitative estimate of drug-likeness (QED) is 0.615. The number of ether oxygens (including phenoxy) is 3. The van der Waals surface area contributed by atoms with Crippen molar-refractivity contribution in [3.8, 4) is 11.5 Å². The lowest BCUT2D eigenvalue weighted by atomic mass is 9.88. The molecule has 136 valence electrons. The van der Waals surface area contributed by atoms with Gasteiger partial charge in [-0.3, -0.25) is 0 Å². The average molecular weight is 358 g/mol. The fraction of sp³-hybridized carbons (Fsp3) is 0.167. The van der Waals surface area contributed by atoms with Crippen molar-refractivity contribution in [3.63, 3.8) is 0 Å². The van der Waals surface area contributed by atoms with Crippen molar-refractivity contribution in [1.82, 2.24) is 0 Å². The van der Waals surface area contributed by atoms with E-state index >= 15 is 0 Å². The molecule has 3 aromatic rings. The SMILES string of the molecule is COc1cc2c(cc1OC)/C(=C/c1ccccc1)C(c1ccccc1)OC2. The van der Waals surface area contributed by atoms with Gasteiger partial charge in [0.1, 0.15) is 6.10 Å². The summed E-state index contributed by atoms with van der Waals surface area (Å²) in [7, 11) is 3.32. The molecule has 1 atom stereocenters. The largest absolute Gasteiger partial charge is 0.493 e. The fourth-order valence-electron chi connectivity index (χ4n) is 3.50. The van der Waals surface area contributed by atoms with Crippen LogP contribution in [0.3, 0.4) is 0 Å². The van der Waals surface area contributed by atoms with Crippen molar-refractivity contribution in [2.75, 3.05) is 14.2 Å². The normalized spacial score (nSPS) is 17.4. The van der Waals surface area contributed by atoms with Gasteiger partial charge in [0.2, 0.25) is 0 Å². The molecule has 0 spiro atoms. The van der Waals surface area contributed by atoms with Crippen molar-refractivity contribution in [3.05, 3.63) is 95.1 Å². The van der Waals surface area contributed by atoms with Crippen molar-refractivity contribution >= 4 is 11.6 Å². The molecule has 1 unspecified atom stereocenters. The predicted octanol–water partition coefficient (Wildman–Crippen LogP) is 5.52. The molecular weight excluding hydrogens is 336 g/mol. The number of hydrogen-bond acceptors (Lipinski definition) is 3. The zero-order chi connectivity index (χ0) is 18.6. The molecule has 0 aliphatic carbocycles. The van der Waals surface area contributed by atoms with Gasteiger partial charge in [0, 0.05) is 0 Å². The van der Waals surface area contributed by atoms with Crippen molar-refractivity contribution < 1.29 is 14.2 Å². The highest BCUT2D eigenvalue weighted by Crippen LogP contribution is 2.44. The molecule has 1 aliphatic heterocycles. The van der Waals surface area contributed by atoms with E-state index in [0.717, 1.165) is 39.3 Å². The number of rotatable bonds is 4. The van der Waals surface area contributed by atoms with Gasteiger partial charge in [-0.15, -0.1) is 0 Å². The fourth-order valence-corrected chi connectivity index (χ4v) is 3.50. The Hall–Kier alpha value is -3.04. The van der Waals surface area contributed by atoms with Gasteiger partial charge in [0.15, 0.2) is 11.5 Å². The Morgan fingerprint density at radius 3 is 2.15 bits per heavy atom. The van der Waals surface area contributed by atoms with Crippen molar-refractivity contribution in [1.29, 1.82) is 0 Å². The molecule has 27 heavy (non-hydrogen) atoms. The van der Waals surface area contributed by atoms with E-state index in [1.165, 1.54) is 0 Å². The first-order valence-corrected chi connectivity index (χ1v) is 8.98. The molecular formula is C24H22O3. The molecule has 1 aliphatic rings. The minimum absolute atomic E-state index is 0.128. The van der Waals surface area contributed by atoms with Crippen LogP contribution < -0.4 is 9.47 Å². The van der Waals surface area contributed by atoms with Gasteiger partial charge < -0.3 is 14.2 Å². The highest BCUT2D eigenvalue weighted by molar-refractivity contribution is 5.87. The second-order valence-electron chi connectivity index (χ2n) is 6.48. The zero-order valence-electron chi connectivity index (χ0n) is 15.5. The summed E-state index contributed by atoms with van der Waals surface area (Å²) in [5.74, 6) is 1.45. The first-order chi connectivity index (χ1) is 13.3. The van der Waals surface area contributed by atoms with E-state index in [1.54, 1.807) is 14.2 Å². The third-order valence-electron chi connectivity index (χ3n) is 4.83. The summed E-state index contributed by atoms with van der Waals surface area (Å²) in [5, 5.41) is 0. The summed E-state index contributed by atoms with van der Waals surface area (Å²) in [6.45, 7) is 0.529. The molecule has 3 aromatic carbocycles. The lowest BCUT2D eigenvalue weighted by Gasteiger charge is -2.30. The number of benzene rings is 3. The van der Waals surface area contributed by atoms with Crippen LogP contribution in [0.25, 0.3) is 11.6 Å². The summed E-state index contributed by atoms with van der Waals surface area (Å²) in [6, 6.07) is 24.7. The number of hydrogen-bond donors (Lipinski definition) is 0. The Morgan fingerprint density at radius 1 is 0.852 bits per heavy atom. The minimum Gasteiger partial charge on any atom is -0.493 e. The van der Waals surface area contributed by atoms with Gasteiger partial charge >= 0.3 is 0 Å². The van der Waals surface area contributed by atoms with Crippen molar-refractivity contribution in [2.45, 2.75) is 12.7 Å². The lowest BCUT2D eigenvalue weighted by Crippen LogP contribution is -2.15. The maximum atomic E-state index is 6.28. The first kappa shape index (κ1) is 17.4. The van der Waals surface area contributed by atoms with Crippen LogP contribution in [0.15, 0.2) is 72.8 Å². The molecule has 0 N–H and O–H groups in total. The molecule has 0 aromatic heterocycles. The highest BCUT2D eigenvalue weighted by atomic mass is 16.5. The Kier molecular flexibility index (Phi) is 4.95. The molecule has 0 fully saturated rings. The number of fused-ring (bicyclic) bond motifs is 1. The van der Waals surface area contributed by atoms with Crippen LogP contribution in [0.5, 0.6) is 11.5 Å². The van der Waals surface area contributed by atoms with Crippen LogP contribution in [-0.2, 0) is 11.3 Å². The first-order valence-electron chi connectivity index (χ1n) is 8.98. The van der Waals surface area contributed by atoms with E-state index in [4.69, 9.17) is 14.2 Å². The second kappa shape index (κ2) is 7.68. The average Bonchev–Trinajstić information content (AvgIpc) is 2.74. The van der Waals surface area contributed by atoms with Gasteiger partial charge in [0.25, 0.3) is 0 Å². The molecule has 0 bridgehead atoms. The van der Waals surface area contributed by atoms with Crippen LogP contribution in [0.1, 0.15) is 28.4 Å². The molecule has 0 saturated carbocycles. The summed E-state index contributed by atoms with van der Waals surface area (Å²) >= 11 is 0. The van der Waals surface area contributed by atoms with E-state index in [1.807, 2.05) is 42.5 Å². The molecule has 0 amide bonds. The third kappa shape index (κ3) is 3.46. The maximum absolute atomic E-state index is 6.28.